The van der Waals surface area contributed by atoms with Crippen molar-refractivity contribution in [3.8, 4) is 0 Å². The first-order chi connectivity index (χ1) is 5.64. The molecule has 0 amide bonds. The average molecular weight is 188 g/mol. The quantitative estimate of drug-likeness (QED) is 0.617. The molecule has 0 atom stereocenters. The maximum atomic E-state index is 5.64. The predicted molar refractivity (Wildman–Crippen MR) is 52.4 cm³/mol. The molecule has 0 saturated heterocycles. The van der Waals surface area contributed by atoms with Gasteiger partial charge in [0.1, 0.15) is 0 Å². The summed E-state index contributed by atoms with van der Waals surface area (Å²) in [5, 5.41) is 0. The van der Waals surface area contributed by atoms with E-state index < -0.39 is 8.56 Å². The van der Waals surface area contributed by atoms with Gasteiger partial charge in [-0.25, -0.2) is 0 Å². The molecule has 72 valence electrons. The van der Waals surface area contributed by atoms with Gasteiger partial charge in [-0.15, -0.1) is 0 Å². The fraction of sp³-hybridized carbons (Fsp3) is 1.00. The summed E-state index contributed by atoms with van der Waals surface area (Å²) in [5.41, 5.74) is 0.773. The van der Waals surface area contributed by atoms with Crippen LogP contribution in [0, 0.1) is 5.92 Å². The Kier molecular flexibility index (Phi) is 3.32. The van der Waals surface area contributed by atoms with Crippen molar-refractivity contribution in [1.29, 1.82) is 0 Å². The van der Waals surface area contributed by atoms with E-state index in [9.17, 15) is 0 Å². The highest BCUT2D eigenvalue weighted by atomic mass is 28.4. The molecule has 0 aliphatic heterocycles. The van der Waals surface area contributed by atoms with E-state index in [1.807, 2.05) is 14.2 Å². The lowest BCUT2D eigenvalue weighted by Gasteiger charge is -2.28. The van der Waals surface area contributed by atoms with Crippen LogP contribution in [0.15, 0.2) is 0 Å². The third-order valence-electron chi connectivity index (χ3n) is 2.58. The maximum absolute atomic E-state index is 5.64. The fourth-order valence-electron chi connectivity index (χ4n) is 1.84. The van der Waals surface area contributed by atoms with Crippen LogP contribution in [-0.4, -0.2) is 22.8 Å². The summed E-state index contributed by atoms with van der Waals surface area (Å²) in [7, 11) is 1.86. The predicted octanol–water partition coefficient (Wildman–Crippen LogP) is 2.54. The fourth-order valence-corrected chi connectivity index (χ4v) is 5.53. The van der Waals surface area contributed by atoms with E-state index in [2.05, 4.69) is 13.8 Å². The zero-order chi connectivity index (χ0) is 9.19. The minimum atomic E-state index is -1.77. The molecular weight excluding hydrogens is 168 g/mol. The van der Waals surface area contributed by atoms with Gasteiger partial charge >= 0.3 is 8.56 Å². The van der Waals surface area contributed by atoms with Crippen molar-refractivity contribution < 1.29 is 8.85 Å². The highest BCUT2D eigenvalue weighted by molar-refractivity contribution is 6.69. The van der Waals surface area contributed by atoms with Gasteiger partial charge < -0.3 is 8.85 Å². The Morgan fingerprint density at radius 1 is 1.25 bits per heavy atom. The Balaban J connectivity index is 2.55. The molecule has 0 bridgehead atoms. The van der Waals surface area contributed by atoms with Crippen molar-refractivity contribution in [1.82, 2.24) is 0 Å². The van der Waals surface area contributed by atoms with Gasteiger partial charge in [0.15, 0.2) is 0 Å². The Labute approximate surface area is 76.5 Å². The molecule has 0 N–H and O–H groups in total. The van der Waals surface area contributed by atoms with Crippen LogP contribution in [0.3, 0.4) is 0 Å². The first-order valence-corrected chi connectivity index (χ1v) is 6.85. The van der Waals surface area contributed by atoms with Gasteiger partial charge in [-0.05, 0) is 24.8 Å². The summed E-state index contributed by atoms with van der Waals surface area (Å²) in [5.74, 6) is 0.692. The Hall–Kier alpha value is 0.137. The summed E-state index contributed by atoms with van der Waals surface area (Å²) < 4.78 is 11.3. The summed E-state index contributed by atoms with van der Waals surface area (Å²) in [6, 6.07) is 1.14. The molecular formula is C9H20O2Si. The molecule has 3 heteroatoms. The maximum Gasteiger partial charge on any atom is 0.341 e. The second-order valence-corrected chi connectivity index (χ2v) is 7.76. The van der Waals surface area contributed by atoms with Gasteiger partial charge in [-0.2, -0.15) is 0 Å². The van der Waals surface area contributed by atoms with Crippen molar-refractivity contribution >= 4 is 8.56 Å². The second kappa shape index (κ2) is 3.90. The van der Waals surface area contributed by atoms with Crippen LogP contribution in [0.25, 0.3) is 0 Å². The summed E-state index contributed by atoms with van der Waals surface area (Å²) in [6.07, 6.45) is 2.64. The van der Waals surface area contributed by atoms with Crippen LogP contribution < -0.4 is 0 Å². The number of rotatable bonds is 5. The normalized spacial score (nSPS) is 18.8. The van der Waals surface area contributed by atoms with Crippen LogP contribution in [0.4, 0.5) is 0 Å². The Bertz CT molecular complexity index is 139. The molecule has 0 aromatic carbocycles. The van der Waals surface area contributed by atoms with Crippen LogP contribution in [0.2, 0.25) is 11.6 Å². The van der Waals surface area contributed by atoms with E-state index in [-0.39, 0.29) is 0 Å². The van der Waals surface area contributed by atoms with E-state index >= 15 is 0 Å². The lowest BCUT2D eigenvalue weighted by atomic mass is 10.3. The molecule has 2 nitrogen and oxygen atoms in total. The van der Waals surface area contributed by atoms with Crippen molar-refractivity contribution in [2.45, 2.75) is 38.3 Å². The standard InChI is InChI=1S/C9H20O2Si/c1-8(2)7-12(10-3,11-4)9-5-6-9/h8-9H,5-7H2,1-4H3. The number of hydrogen-bond donors (Lipinski definition) is 0. The van der Waals surface area contributed by atoms with Gasteiger partial charge in [0.2, 0.25) is 0 Å². The van der Waals surface area contributed by atoms with E-state index in [0.29, 0.717) is 5.92 Å². The lowest BCUT2D eigenvalue weighted by Crippen LogP contribution is -2.41. The number of hydrogen-bond acceptors (Lipinski definition) is 2. The molecule has 1 saturated carbocycles. The van der Waals surface area contributed by atoms with Crippen molar-refractivity contribution in [2.75, 3.05) is 14.2 Å². The highest BCUT2D eigenvalue weighted by Crippen LogP contribution is 2.48. The topological polar surface area (TPSA) is 18.5 Å². The third kappa shape index (κ3) is 2.09. The van der Waals surface area contributed by atoms with E-state index in [4.69, 9.17) is 8.85 Å². The summed E-state index contributed by atoms with van der Waals surface area (Å²) >= 11 is 0. The zero-order valence-corrected chi connectivity index (χ0v) is 9.59. The highest BCUT2D eigenvalue weighted by Gasteiger charge is 2.50. The summed E-state index contributed by atoms with van der Waals surface area (Å²) in [6.45, 7) is 4.48. The molecule has 0 radical (unpaired) electrons. The zero-order valence-electron chi connectivity index (χ0n) is 8.59. The third-order valence-corrected chi connectivity index (χ3v) is 7.17. The molecule has 1 fully saturated rings. The average Bonchev–Trinajstić information content (AvgIpc) is 2.82. The molecule has 0 heterocycles. The SMILES string of the molecule is CO[Si](CC(C)C)(OC)C1CC1. The van der Waals surface area contributed by atoms with Crippen molar-refractivity contribution in [3.05, 3.63) is 0 Å². The molecule has 1 rings (SSSR count). The molecule has 1 aliphatic rings. The van der Waals surface area contributed by atoms with Crippen LogP contribution in [0.5, 0.6) is 0 Å². The van der Waals surface area contributed by atoms with E-state index in [1.54, 1.807) is 0 Å². The van der Waals surface area contributed by atoms with Crippen LogP contribution in [-0.2, 0) is 8.85 Å². The van der Waals surface area contributed by atoms with Crippen molar-refractivity contribution in [2.24, 2.45) is 5.92 Å². The molecule has 0 spiro atoms. The smallest absolute Gasteiger partial charge is 0.341 e. The van der Waals surface area contributed by atoms with Crippen molar-refractivity contribution in [3.63, 3.8) is 0 Å². The minimum absolute atomic E-state index is 0.692. The second-order valence-electron chi connectivity index (χ2n) is 4.09. The molecule has 0 aromatic rings. The molecule has 12 heavy (non-hydrogen) atoms. The Morgan fingerprint density at radius 3 is 2.00 bits per heavy atom. The first-order valence-electron chi connectivity index (χ1n) is 4.75. The Morgan fingerprint density at radius 2 is 1.75 bits per heavy atom. The van der Waals surface area contributed by atoms with E-state index in [1.165, 1.54) is 12.8 Å². The molecule has 0 unspecified atom stereocenters. The van der Waals surface area contributed by atoms with Gasteiger partial charge in [0.25, 0.3) is 0 Å². The monoisotopic (exact) mass is 188 g/mol. The lowest BCUT2D eigenvalue weighted by molar-refractivity contribution is 0.234. The molecule has 0 aromatic heterocycles. The summed E-state index contributed by atoms with van der Waals surface area (Å²) in [4.78, 5) is 0. The van der Waals surface area contributed by atoms with Crippen LogP contribution >= 0.6 is 0 Å². The van der Waals surface area contributed by atoms with Crippen LogP contribution in [0.1, 0.15) is 26.7 Å². The van der Waals surface area contributed by atoms with E-state index in [0.717, 1.165) is 11.6 Å². The van der Waals surface area contributed by atoms with Gasteiger partial charge in [0, 0.05) is 19.8 Å². The largest absolute Gasteiger partial charge is 0.397 e. The first kappa shape index (κ1) is 10.2. The van der Waals surface area contributed by atoms with Gasteiger partial charge in [-0.1, -0.05) is 13.8 Å². The minimum Gasteiger partial charge on any atom is -0.397 e. The van der Waals surface area contributed by atoms with Gasteiger partial charge in [0.05, 0.1) is 0 Å². The van der Waals surface area contributed by atoms with Gasteiger partial charge in [-0.3, -0.25) is 0 Å². The molecule has 1 aliphatic carbocycles.